The Balaban J connectivity index is 1.49. The largest absolute Gasteiger partial charge is 0.374 e. The maximum Gasteiger partial charge on any atom is 0.250 e. The van der Waals surface area contributed by atoms with Crippen molar-refractivity contribution >= 4 is 5.78 Å². The highest BCUT2D eigenvalue weighted by Crippen LogP contribution is 2.68. The number of Topliss-reactive ketones (excluding diaryl/α,β-unsaturated/α-hetero) is 1. The number of hydrogen-bond acceptors (Lipinski definition) is 3. The number of nitrogens with zero attached hydrogens (tertiary/aromatic N) is 2. The van der Waals surface area contributed by atoms with E-state index in [1.807, 2.05) is 10.6 Å². The molecule has 0 aromatic carbocycles. The van der Waals surface area contributed by atoms with Crippen molar-refractivity contribution in [1.82, 2.24) is 9.47 Å². The van der Waals surface area contributed by atoms with Crippen molar-refractivity contribution in [3.63, 3.8) is 0 Å². The van der Waals surface area contributed by atoms with Crippen LogP contribution >= 0.6 is 0 Å². The number of carbonyl (C=O) groups excluding carboxylic acids is 1. The molecule has 4 heteroatoms. The van der Waals surface area contributed by atoms with Crippen LogP contribution in [-0.4, -0.2) is 28.3 Å². The van der Waals surface area contributed by atoms with Crippen LogP contribution in [0.15, 0.2) is 34.3 Å². The molecule has 0 spiro atoms. The summed E-state index contributed by atoms with van der Waals surface area (Å²) in [5.74, 6) is 2.31. The van der Waals surface area contributed by atoms with E-state index in [0.717, 1.165) is 38.0 Å². The number of rotatable bonds is 1. The fourth-order valence-electron chi connectivity index (χ4n) is 5.95. The van der Waals surface area contributed by atoms with Crippen LogP contribution in [0.5, 0.6) is 0 Å². The standard InChI is InChI=1S/C21H26N2O2/c1-12(19-17(24)8-15-20(19)21(15,2)3)22-9-13-7-14(11-22)16-5-4-6-18(25)23(16)10-13/h4-6,13-15,20H,7-11H2,1-3H3/b19-12+/t13-,14+,15?,20?/m1/s1. The second-order valence-electron chi connectivity index (χ2n) is 9.14. The summed E-state index contributed by atoms with van der Waals surface area (Å²) in [6.07, 6.45) is 1.90. The van der Waals surface area contributed by atoms with Crippen molar-refractivity contribution in [2.75, 3.05) is 13.1 Å². The minimum atomic E-state index is 0.129. The lowest BCUT2D eigenvalue weighted by atomic mass is 9.82. The second kappa shape index (κ2) is 4.87. The number of likely N-dealkylation sites (tertiary alicyclic amines) is 1. The van der Waals surface area contributed by atoms with Crippen molar-refractivity contribution in [2.45, 2.75) is 46.1 Å². The molecule has 4 nitrogen and oxygen atoms in total. The topological polar surface area (TPSA) is 42.3 Å². The highest BCUT2D eigenvalue weighted by atomic mass is 16.1. The molecule has 1 saturated heterocycles. The lowest BCUT2D eigenvalue weighted by molar-refractivity contribution is -0.115. The first kappa shape index (κ1) is 15.4. The minimum absolute atomic E-state index is 0.129. The number of carbonyl (C=O) groups is 1. The van der Waals surface area contributed by atoms with Crippen LogP contribution in [-0.2, 0) is 11.3 Å². The fraction of sp³-hybridized carbons (Fsp3) is 0.619. The molecule has 2 aliphatic carbocycles. The van der Waals surface area contributed by atoms with Gasteiger partial charge < -0.3 is 9.47 Å². The zero-order valence-electron chi connectivity index (χ0n) is 15.3. The zero-order valence-corrected chi connectivity index (χ0v) is 15.3. The first-order valence-electron chi connectivity index (χ1n) is 9.56. The summed E-state index contributed by atoms with van der Waals surface area (Å²) in [5, 5.41) is 0. The summed E-state index contributed by atoms with van der Waals surface area (Å²) in [7, 11) is 0. The average molecular weight is 338 g/mol. The Hall–Kier alpha value is -1.84. The summed E-state index contributed by atoms with van der Waals surface area (Å²) >= 11 is 0. The Kier molecular flexibility index (Phi) is 3.00. The lowest BCUT2D eigenvalue weighted by Crippen LogP contribution is -2.46. The Bertz CT molecular complexity index is 863. The SMILES string of the molecule is C/C(=C1/C(=O)CC2C1C2(C)C)N1C[C@H]2C[C@@H](C1)c1cccc(=O)n1C2. The van der Waals surface area contributed by atoms with Crippen molar-refractivity contribution in [3.8, 4) is 0 Å². The Morgan fingerprint density at radius 1 is 1.16 bits per heavy atom. The molecule has 0 radical (unpaired) electrons. The predicted octanol–water partition coefficient (Wildman–Crippen LogP) is 2.79. The Morgan fingerprint density at radius 3 is 2.72 bits per heavy atom. The van der Waals surface area contributed by atoms with Crippen LogP contribution in [0, 0.1) is 23.2 Å². The highest BCUT2D eigenvalue weighted by Gasteiger charge is 2.65. The summed E-state index contributed by atoms with van der Waals surface area (Å²) in [6, 6.07) is 5.66. The number of ketones is 1. The number of fused-ring (bicyclic) bond motifs is 5. The molecular formula is C21H26N2O2. The lowest BCUT2D eigenvalue weighted by Gasteiger charge is -2.44. The number of pyridine rings is 1. The van der Waals surface area contributed by atoms with Gasteiger partial charge in [-0.1, -0.05) is 19.9 Å². The molecule has 4 atom stereocenters. The quantitative estimate of drug-likeness (QED) is 0.740. The molecule has 2 saturated carbocycles. The maximum absolute atomic E-state index is 12.5. The third kappa shape index (κ3) is 2.06. The molecule has 3 heterocycles. The van der Waals surface area contributed by atoms with Crippen molar-refractivity contribution in [1.29, 1.82) is 0 Å². The van der Waals surface area contributed by atoms with Gasteiger partial charge in [0.1, 0.15) is 0 Å². The van der Waals surface area contributed by atoms with Crippen LogP contribution < -0.4 is 5.56 Å². The van der Waals surface area contributed by atoms with Gasteiger partial charge in [0.25, 0.3) is 5.56 Å². The molecule has 5 rings (SSSR count). The molecule has 0 amide bonds. The molecule has 132 valence electrons. The van der Waals surface area contributed by atoms with Crippen LogP contribution in [0.3, 0.4) is 0 Å². The summed E-state index contributed by atoms with van der Waals surface area (Å²) in [5.41, 5.74) is 3.93. The molecule has 2 bridgehead atoms. The predicted molar refractivity (Wildman–Crippen MR) is 96.2 cm³/mol. The van der Waals surface area contributed by atoms with Gasteiger partial charge in [-0.25, -0.2) is 0 Å². The van der Waals surface area contributed by atoms with E-state index in [0.29, 0.717) is 34.9 Å². The number of aromatic nitrogens is 1. The molecular weight excluding hydrogens is 312 g/mol. The summed E-state index contributed by atoms with van der Waals surface area (Å²) < 4.78 is 1.97. The molecule has 2 aliphatic heterocycles. The molecule has 25 heavy (non-hydrogen) atoms. The van der Waals surface area contributed by atoms with Crippen LogP contribution in [0.1, 0.15) is 45.2 Å². The van der Waals surface area contributed by atoms with E-state index in [4.69, 9.17) is 0 Å². The van der Waals surface area contributed by atoms with Gasteiger partial charge in [0.2, 0.25) is 0 Å². The average Bonchev–Trinajstić information content (AvgIpc) is 2.90. The Labute approximate surface area is 148 Å². The smallest absolute Gasteiger partial charge is 0.250 e. The third-order valence-electron chi connectivity index (χ3n) is 7.41. The van der Waals surface area contributed by atoms with Crippen LogP contribution in [0.25, 0.3) is 0 Å². The monoisotopic (exact) mass is 338 g/mol. The number of piperidine rings is 1. The summed E-state index contributed by atoms with van der Waals surface area (Å²) in [4.78, 5) is 27.2. The second-order valence-corrected chi connectivity index (χ2v) is 9.14. The maximum atomic E-state index is 12.5. The van der Waals surface area contributed by atoms with Crippen LogP contribution in [0.4, 0.5) is 0 Å². The summed E-state index contributed by atoms with van der Waals surface area (Å²) in [6.45, 7) is 9.47. The van der Waals surface area contributed by atoms with Crippen molar-refractivity contribution in [3.05, 3.63) is 45.5 Å². The normalized spacial score (nSPS) is 36.8. The van der Waals surface area contributed by atoms with Gasteiger partial charge in [-0.15, -0.1) is 0 Å². The molecule has 2 unspecified atom stereocenters. The van der Waals surface area contributed by atoms with Crippen molar-refractivity contribution < 1.29 is 4.79 Å². The van der Waals surface area contributed by atoms with E-state index in [1.165, 1.54) is 11.4 Å². The van der Waals surface area contributed by atoms with Gasteiger partial charge in [0.15, 0.2) is 5.78 Å². The molecule has 0 N–H and O–H groups in total. The van der Waals surface area contributed by atoms with E-state index >= 15 is 0 Å². The fourth-order valence-corrected chi connectivity index (χ4v) is 5.95. The number of hydrogen-bond donors (Lipinski definition) is 0. The van der Waals surface area contributed by atoms with Crippen molar-refractivity contribution in [2.24, 2.45) is 23.2 Å². The molecule has 1 aromatic rings. The van der Waals surface area contributed by atoms with Gasteiger partial charge >= 0.3 is 0 Å². The third-order valence-corrected chi connectivity index (χ3v) is 7.41. The van der Waals surface area contributed by atoms with E-state index in [1.54, 1.807) is 6.07 Å². The first-order chi connectivity index (χ1) is 11.9. The molecule has 3 fully saturated rings. The van der Waals surface area contributed by atoms with E-state index < -0.39 is 0 Å². The van der Waals surface area contributed by atoms with Gasteiger partial charge in [-0.05, 0) is 42.6 Å². The number of allylic oxidation sites excluding steroid dienone is 2. The minimum Gasteiger partial charge on any atom is -0.374 e. The van der Waals surface area contributed by atoms with Gasteiger partial charge in [0, 0.05) is 55.0 Å². The van der Waals surface area contributed by atoms with Crippen LogP contribution in [0.2, 0.25) is 0 Å². The molecule has 1 aromatic heterocycles. The van der Waals surface area contributed by atoms with E-state index in [2.05, 4.69) is 31.7 Å². The van der Waals surface area contributed by atoms with E-state index in [9.17, 15) is 9.59 Å². The van der Waals surface area contributed by atoms with Gasteiger partial charge in [-0.2, -0.15) is 0 Å². The van der Waals surface area contributed by atoms with Gasteiger partial charge in [-0.3, -0.25) is 9.59 Å². The zero-order chi connectivity index (χ0) is 17.5. The highest BCUT2D eigenvalue weighted by molar-refractivity contribution is 6.01. The van der Waals surface area contributed by atoms with E-state index in [-0.39, 0.29) is 5.56 Å². The van der Waals surface area contributed by atoms with Gasteiger partial charge in [0.05, 0.1) is 0 Å². The Morgan fingerprint density at radius 2 is 1.96 bits per heavy atom. The first-order valence-corrected chi connectivity index (χ1v) is 9.56. The molecule has 4 aliphatic rings.